The summed E-state index contributed by atoms with van der Waals surface area (Å²) in [5.74, 6) is 0.664. The topological polar surface area (TPSA) is 47.4 Å². The zero-order valence-electron chi connectivity index (χ0n) is 14.3. The molecule has 1 aromatic heterocycles. The number of carbonyl (C=O) groups excluding carboxylic acids is 1. The molecule has 0 aliphatic rings. The summed E-state index contributed by atoms with van der Waals surface area (Å²) in [6, 6.07) is 0. The van der Waals surface area contributed by atoms with Crippen molar-refractivity contribution in [1.29, 1.82) is 0 Å². The van der Waals surface area contributed by atoms with E-state index in [4.69, 9.17) is 4.74 Å². The highest BCUT2D eigenvalue weighted by molar-refractivity contribution is 6.03. The van der Waals surface area contributed by atoms with Crippen LogP contribution in [0.25, 0.3) is 0 Å². The number of aryl methyl sites for hydroxylation is 1. The summed E-state index contributed by atoms with van der Waals surface area (Å²) in [5.41, 5.74) is 0.0677. The first-order chi connectivity index (χ1) is 9.99. The number of aromatic nitrogens is 2. The maximum absolute atomic E-state index is 13.2. The lowest BCUT2D eigenvalue weighted by molar-refractivity contribution is 0.0592. The lowest BCUT2D eigenvalue weighted by Gasteiger charge is -2.38. The highest BCUT2D eigenvalue weighted by Crippen LogP contribution is 2.29. The number of carbonyl (C=O) groups is 1. The van der Waals surface area contributed by atoms with Crippen LogP contribution in [0.1, 0.15) is 57.9 Å². The Bertz CT molecular complexity index is 466. The van der Waals surface area contributed by atoms with E-state index in [9.17, 15) is 4.79 Å². The van der Waals surface area contributed by atoms with Crippen LogP contribution in [-0.2, 0) is 6.54 Å². The predicted octanol–water partition coefficient (Wildman–Crippen LogP) is 2.99. The first kappa shape index (κ1) is 17.7. The van der Waals surface area contributed by atoms with Crippen LogP contribution in [0.5, 0.6) is 5.75 Å². The van der Waals surface area contributed by atoms with Crippen LogP contribution in [0.4, 0.5) is 0 Å². The van der Waals surface area contributed by atoms with Gasteiger partial charge in [-0.05, 0) is 32.9 Å². The summed E-state index contributed by atoms with van der Waals surface area (Å²) in [4.78, 5) is 15.4. The Morgan fingerprint density at radius 3 is 2.38 bits per heavy atom. The molecule has 120 valence electrons. The number of ketones is 1. The molecule has 0 fully saturated rings. The van der Waals surface area contributed by atoms with Crippen molar-refractivity contribution < 1.29 is 9.53 Å². The van der Waals surface area contributed by atoms with E-state index in [1.165, 1.54) is 0 Å². The number of methoxy groups -OCH3 is 1. The van der Waals surface area contributed by atoms with Crippen molar-refractivity contribution in [1.82, 2.24) is 14.7 Å². The molecule has 0 spiro atoms. The number of likely N-dealkylation sites (N-methyl/N-ethyl adjacent to an activating group) is 1. The van der Waals surface area contributed by atoms with E-state index in [0.29, 0.717) is 11.4 Å². The van der Waals surface area contributed by atoms with Crippen LogP contribution < -0.4 is 4.74 Å². The van der Waals surface area contributed by atoms with Gasteiger partial charge in [0.15, 0.2) is 5.75 Å². The van der Waals surface area contributed by atoms with Crippen LogP contribution in [0.2, 0.25) is 0 Å². The molecule has 1 heterocycles. The molecule has 0 bridgehead atoms. The summed E-state index contributed by atoms with van der Waals surface area (Å²) in [6.45, 7) is 12.7. The Hall–Kier alpha value is -1.36. The second-order valence-electron chi connectivity index (χ2n) is 5.41. The Labute approximate surface area is 128 Å². The Morgan fingerprint density at radius 2 is 1.95 bits per heavy atom. The third-order valence-electron chi connectivity index (χ3n) is 4.32. The van der Waals surface area contributed by atoms with Crippen LogP contribution >= 0.6 is 0 Å². The van der Waals surface area contributed by atoms with Gasteiger partial charge in [-0.1, -0.05) is 27.7 Å². The van der Waals surface area contributed by atoms with Crippen molar-refractivity contribution in [2.75, 3.05) is 20.2 Å². The number of hydrogen-bond donors (Lipinski definition) is 0. The number of rotatable bonds is 9. The molecule has 0 saturated carbocycles. The number of nitrogens with zero attached hydrogens (tertiary/aromatic N) is 3. The number of hydrogen-bond acceptors (Lipinski definition) is 4. The van der Waals surface area contributed by atoms with Crippen LogP contribution in [0.3, 0.4) is 0 Å². The summed E-state index contributed by atoms with van der Waals surface area (Å²) in [5, 5.41) is 4.31. The molecule has 0 aliphatic heterocycles. The van der Waals surface area contributed by atoms with Crippen LogP contribution in [0, 0.1) is 0 Å². The Kier molecular flexibility index (Phi) is 6.40. The largest absolute Gasteiger partial charge is 0.493 e. The van der Waals surface area contributed by atoms with Crippen molar-refractivity contribution >= 4 is 5.78 Å². The van der Waals surface area contributed by atoms with Crippen LogP contribution in [0.15, 0.2) is 6.20 Å². The predicted molar refractivity (Wildman–Crippen MR) is 85.0 cm³/mol. The molecule has 0 saturated heterocycles. The maximum atomic E-state index is 13.2. The summed E-state index contributed by atoms with van der Waals surface area (Å²) < 4.78 is 7.13. The summed E-state index contributed by atoms with van der Waals surface area (Å²) >= 11 is 0. The summed E-state index contributed by atoms with van der Waals surface area (Å²) in [7, 11) is 1.59. The van der Waals surface area contributed by atoms with E-state index in [1.54, 1.807) is 18.0 Å². The molecule has 0 aromatic carbocycles. The van der Waals surface area contributed by atoms with E-state index in [2.05, 4.69) is 37.7 Å². The molecule has 21 heavy (non-hydrogen) atoms. The first-order valence-corrected chi connectivity index (χ1v) is 7.89. The molecule has 1 aromatic rings. The van der Waals surface area contributed by atoms with Gasteiger partial charge in [0.2, 0.25) is 5.78 Å². The second-order valence-corrected chi connectivity index (χ2v) is 5.41. The minimum atomic E-state index is -0.525. The van der Waals surface area contributed by atoms with Crippen molar-refractivity contribution in [3.05, 3.63) is 11.9 Å². The highest BCUT2D eigenvalue weighted by Gasteiger charge is 2.40. The van der Waals surface area contributed by atoms with Crippen molar-refractivity contribution in [2.24, 2.45) is 0 Å². The number of ether oxygens (including phenoxy) is 1. The molecular weight excluding hydrogens is 266 g/mol. The van der Waals surface area contributed by atoms with Gasteiger partial charge in [0.1, 0.15) is 5.69 Å². The smallest absolute Gasteiger partial charge is 0.204 e. The lowest BCUT2D eigenvalue weighted by Crippen LogP contribution is -2.52. The van der Waals surface area contributed by atoms with Gasteiger partial charge in [0.05, 0.1) is 18.8 Å². The van der Waals surface area contributed by atoms with Crippen molar-refractivity contribution in [3.63, 3.8) is 0 Å². The SMILES string of the molecule is CCCn1ncc(OC)c1C(=O)C(C)(CC)N(CC)CC. The van der Waals surface area contributed by atoms with Gasteiger partial charge in [-0.15, -0.1) is 0 Å². The molecule has 0 amide bonds. The van der Waals surface area contributed by atoms with Gasteiger partial charge >= 0.3 is 0 Å². The lowest BCUT2D eigenvalue weighted by atomic mass is 9.88. The van der Waals surface area contributed by atoms with Gasteiger partial charge < -0.3 is 4.74 Å². The van der Waals surface area contributed by atoms with Crippen molar-refractivity contribution in [2.45, 2.75) is 59.5 Å². The molecule has 0 radical (unpaired) electrons. The minimum absolute atomic E-state index is 0.0940. The fourth-order valence-corrected chi connectivity index (χ4v) is 2.83. The van der Waals surface area contributed by atoms with Gasteiger partial charge in [-0.25, -0.2) is 0 Å². The molecule has 5 nitrogen and oxygen atoms in total. The van der Waals surface area contributed by atoms with Gasteiger partial charge in [-0.3, -0.25) is 14.4 Å². The average Bonchev–Trinajstić information content (AvgIpc) is 2.90. The Morgan fingerprint density at radius 1 is 1.33 bits per heavy atom. The zero-order valence-corrected chi connectivity index (χ0v) is 14.3. The molecule has 1 atom stereocenters. The van der Waals surface area contributed by atoms with E-state index < -0.39 is 5.54 Å². The second kappa shape index (κ2) is 7.59. The van der Waals surface area contributed by atoms with E-state index in [-0.39, 0.29) is 5.78 Å². The quantitative estimate of drug-likeness (QED) is 0.657. The average molecular weight is 295 g/mol. The summed E-state index contributed by atoms with van der Waals surface area (Å²) in [6.07, 6.45) is 3.33. The fourth-order valence-electron chi connectivity index (χ4n) is 2.83. The first-order valence-electron chi connectivity index (χ1n) is 7.89. The molecular formula is C16H29N3O2. The molecule has 1 unspecified atom stereocenters. The molecule has 1 rings (SSSR count). The highest BCUT2D eigenvalue weighted by atomic mass is 16.5. The minimum Gasteiger partial charge on any atom is -0.493 e. The third kappa shape index (κ3) is 3.28. The molecule has 5 heteroatoms. The van der Waals surface area contributed by atoms with E-state index in [0.717, 1.165) is 32.5 Å². The van der Waals surface area contributed by atoms with Crippen LogP contribution in [-0.4, -0.2) is 46.2 Å². The van der Waals surface area contributed by atoms with E-state index >= 15 is 0 Å². The van der Waals surface area contributed by atoms with Crippen molar-refractivity contribution in [3.8, 4) is 5.75 Å². The standard InChI is InChI=1S/C16H29N3O2/c1-7-11-19-14(13(21-6)12-17-19)15(20)16(5,8-2)18(9-3)10-4/h12H,7-11H2,1-6H3. The normalized spacial score (nSPS) is 14.2. The zero-order chi connectivity index (χ0) is 16.0. The monoisotopic (exact) mass is 295 g/mol. The fraction of sp³-hybridized carbons (Fsp3) is 0.750. The van der Waals surface area contributed by atoms with Gasteiger partial charge in [0.25, 0.3) is 0 Å². The maximum Gasteiger partial charge on any atom is 0.204 e. The van der Waals surface area contributed by atoms with Gasteiger partial charge in [0, 0.05) is 6.54 Å². The Balaban J connectivity index is 3.30. The third-order valence-corrected chi connectivity index (χ3v) is 4.32. The van der Waals surface area contributed by atoms with Gasteiger partial charge in [-0.2, -0.15) is 5.10 Å². The molecule has 0 aliphatic carbocycles. The van der Waals surface area contributed by atoms with E-state index in [1.807, 2.05) is 6.92 Å². The molecule has 0 N–H and O–H groups in total. The number of Topliss-reactive ketones (excluding diaryl/α,β-unsaturated/α-hetero) is 1.